The lowest BCUT2D eigenvalue weighted by Gasteiger charge is -2.22. The number of carbonyl (C=O) groups is 1. The van der Waals surface area contributed by atoms with E-state index >= 15 is 0 Å². The predicted molar refractivity (Wildman–Crippen MR) is 71.7 cm³/mol. The van der Waals surface area contributed by atoms with Gasteiger partial charge >= 0.3 is 0 Å². The van der Waals surface area contributed by atoms with Gasteiger partial charge < -0.3 is 5.32 Å². The van der Waals surface area contributed by atoms with Crippen molar-refractivity contribution in [3.05, 3.63) is 17.0 Å². The summed E-state index contributed by atoms with van der Waals surface area (Å²) in [5.41, 5.74) is 0.366. The number of rotatable bonds is 3. The van der Waals surface area contributed by atoms with Crippen molar-refractivity contribution in [1.29, 1.82) is 0 Å². The molecule has 1 aliphatic carbocycles. The molecular formula is C11H14ClNO3S2. The molecule has 0 aliphatic heterocycles. The third-order valence-corrected chi connectivity index (χ3v) is 6.06. The second kappa shape index (κ2) is 5.59. The number of amides is 1. The Hall–Kier alpha value is -0.590. The minimum Gasteiger partial charge on any atom is -0.349 e. The average Bonchev–Trinajstić information content (AvgIpc) is 2.79. The van der Waals surface area contributed by atoms with Gasteiger partial charge in [0.15, 0.2) is 0 Å². The van der Waals surface area contributed by atoms with Crippen LogP contribution in [-0.4, -0.2) is 20.4 Å². The number of carbonyl (C=O) groups excluding carboxylic acids is 1. The van der Waals surface area contributed by atoms with Crippen LogP contribution in [0.1, 0.15) is 42.5 Å². The first kappa shape index (κ1) is 13.8. The van der Waals surface area contributed by atoms with Crippen LogP contribution >= 0.6 is 22.0 Å². The summed E-state index contributed by atoms with van der Waals surface area (Å²) in [6.07, 6.45) is 5.48. The van der Waals surface area contributed by atoms with Gasteiger partial charge in [0.2, 0.25) is 0 Å². The monoisotopic (exact) mass is 307 g/mol. The highest BCUT2D eigenvalue weighted by atomic mass is 35.7. The van der Waals surface area contributed by atoms with Crippen molar-refractivity contribution < 1.29 is 13.2 Å². The molecule has 0 unspecified atom stereocenters. The maximum atomic E-state index is 11.9. The third-order valence-electron chi connectivity index (χ3n) is 3.02. The van der Waals surface area contributed by atoms with E-state index in [0.717, 1.165) is 37.0 Å². The molecule has 7 heteroatoms. The van der Waals surface area contributed by atoms with Gasteiger partial charge in [-0.1, -0.05) is 19.3 Å². The number of thiophene rings is 1. The maximum absolute atomic E-state index is 11.9. The maximum Gasteiger partial charge on any atom is 0.270 e. The minimum absolute atomic E-state index is 0.0120. The van der Waals surface area contributed by atoms with Crippen LogP contribution in [0.4, 0.5) is 0 Å². The molecule has 0 bridgehead atoms. The lowest BCUT2D eigenvalue weighted by molar-refractivity contribution is 0.0928. The summed E-state index contributed by atoms with van der Waals surface area (Å²) in [6.45, 7) is 0. The molecule has 0 aromatic carbocycles. The van der Waals surface area contributed by atoms with Crippen molar-refractivity contribution in [3.63, 3.8) is 0 Å². The molecule has 1 N–H and O–H groups in total. The molecule has 1 heterocycles. The van der Waals surface area contributed by atoms with Crippen LogP contribution in [0.2, 0.25) is 0 Å². The third kappa shape index (κ3) is 3.46. The zero-order chi connectivity index (χ0) is 13.2. The van der Waals surface area contributed by atoms with E-state index in [4.69, 9.17) is 10.7 Å². The van der Waals surface area contributed by atoms with E-state index in [1.54, 1.807) is 0 Å². The summed E-state index contributed by atoms with van der Waals surface area (Å²) in [5, 5.41) is 4.45. The zero-order valence-corrected chi connectivity index (χ0v) is 12.1. The van der Waals surface area contributed by atoms with Gasteiger partial charge in [-0.15, -0.1) is 11.3 Å². The van der Waals surface area contributed by atoms with Crippen LogP contribution in [-0.2, 0) is 9.05 Å². The molecule has 0 spiro atoms. The first-order valence-electron chi connectivity index (χ1n) is 5.81. The lowest BCUT2D eigenvalue weighted by Crippen LogP contribution is -2.35. The van der Waals surface area contributed by atoms with Crippen molar-refractivity contribution >= 4 is 37.0 Å². The normalized spacial score (nSPS) is 17.6. The lowest BCUT2D eigenvalue weighted by atomic mass is 9.95. The van der Waals surface area contributed by atoms with Crippen LogP contribution in [0.5, 0.6) is 0 Å². The van der Waals surface area contributed by atoms with Crippen LogP contribution in [0, 0.1) is 0 Å². The van der Waals surface area contributed by atoms with Crippen LogP contribution in [0.25, 0.3) is 0 Å². The number of halogens is 1. The quantitative estimate of drug-likeness (QED) is 0.873. The molecule has 100 valence electrons. The van der Waals surface area contributed by atoms with Gasteiger partial charge in [-0.25, -0.2) is 8.42 Å². The largest absolute Gasteiger partial charge is 0.349 e. The number of hydrogen-bond donors (Lipinski definition) is 1. The fourth-order valence-corrected chi connectivity index (χ4v) is 4.03. The number of nitrogens with one attached hydrogen (secondary N) is 1. The standard InChI is InChI=1S/C11H14ClNO3S2/c12-18(15,16)10-6-8(7-17-10)11(14)13-9-4-2-1-3-5-9/h6-7,9H,1-5H2,(H,13,14). The van der Waals surface area contributed by atoms with Gasteiger partial charge in [-0.2, -0.15) is 0 Å². The van der Waals surface area contributed by atoms with Gasteiger partial charge in [0.25, 0.3) is 15.0 Å². The topological polar surface area (TPSA) is 63.2 Å². The van der Waals surface area contributed by atoms with Crippen LogP contribution in [0.3, 0.4) is 0 Å². The summed E-state index contributed by atoms with van der Waals surface area (Å²) in [7, 11) is 1.48. The smallest absolute Gasteiger partial charge is 0.270 e. The molecule has 1 fully saturated rings. The van der Waals surface area contributed by atoms with E-state index in [1.807, 2.05) is 0 Å². The van der Waals surface area contributed by atoms with Crippen molar-refractivity contribution in [3.8, 4) is 0 Å². The second-order valence-electron chi connectivity index (χ2n) is 4.40. The van der Waals surface area contributed by atoms with E-state index < -0.39 is 9.05 Å². The molecule has 0 saturated heterocycles. The van der Waals surface area contributed by atoms with Gasteiger partial charge in [-0.3, -0.25) is 4.79 Å². The Labute approximate surface area is 115 Å². The van der Waals surface area contributed by atoms with Crippen LogP contribution < -0.4 is 5.32 Å². The Bertz CT molecular complexity index is 532. The molecule has 1 saturated carbocycles. The molecule has 4 nitrogen and oxygen atoms in total. The minimum atomic E-state index is -3.74. The van der Waals surface area contributed by atoms with E-state index in [9.17, 15) is 13.2 Å². The van der Waals surface area contributed by atoms with Crippen molar-refractivity contribution in [1.82, 2.24) is 5.32 Å². The molecular weight excluding hydrogens is 294 g/mol. The van der Waals surface area contributed by atoms with Gasteiger partial charge in [-0.05, 0) is 18.9 Å². The van der Waals surface area contributed by atoms with Crippen molar-refractivity contribution in [2.75, 3.05) is 0 Å². The van der Waals surface area contributed by atoms with E-state index in [0.29, 0.717) is 5.56 Å². The highest BCUT2D eigenvalue weighted by Gasteiger charge is 2.20. The molecule has 0 radical (unpaired) electrons. The van der Waals surface area contributed by atoms with Gasteiger partial charge in [0, 0.05) is 22.1 Å². The van der Waals surface area contributed by atoms with Gasteiger partial charge in [0.05, 0.1) is 5.56 Å². The van der Waals surface area contributed by atoms with Crippen molar-refractivity contribution in [2.24, 2.45) is 0 Å². The fourth-order valence-electron chi connectivity index (χ4n) is 2.08. The molecule has 1 aromatic heterocycles. The average molecular weight is 308 g/mol. The predicted octanol–water partition coefficient (Wildman–Crippen LogP) is 2.74. The molecule has 18 heavy (non-hydrogen) atoms. The SMILES string of the molecule is O=C(NC1CCCCC1)c1csc(S(=O)(=O)Cl)c1. The van der Waals surface area contributed by atoms with Crippen molar-refractivity contribution in [2.45, 2.75) is 42.4 Å². The second-order valence-corrected chi connectivity index (χ2v) is 8.10. The Morgan fingerprint density at radius 1 is 1.33 bits per heavy atom. The summed E-state index contributed by atoms with van der Waals surface area (Å²) in [6, 6.07) is 1.53. The summed E-state index contributed by atoms with van der Waals surface area (Å²) < 4.78 is 22.2. The highest BCUT2D eigenvalue weighted by Crippen LogP contribution is 2.24. The summed E-state index contributed by atoms with van der Waals surface area (Å²) in [4.78, 5) is 11.9. The van der Waals surface area contributed by atoms with Crippen LogP contribution in [0.15, 0.2) is 15.7 Å². The van der Waals surface area contributed by atoms with Gasteiger partial charge in [0.1, 0.15) is 4.21 Å². The molecule has 1 amide bonds. The molecule has 1 aromatic rings. The first-order valence-corrected chi connectivity index (χ1v) is 9.00. The Morgan fingerprint density at radius 3 is 2.56 bits per heavy atom. The molecule has 0 atom stereocenters. The fraction of sp³-hybridized carbons (Fsp3) is 0.545. The molecule has 2 rings (SSSR count). The summed E-state index contributed by atoms with van der Waals surface area (Å²) >= 11 is 0.966. The first-order chi connectivity index (χ1) is 8.47. The zero-order valence-electron chi connectivity index (χ0n) is 9.69. The Kier molecular flexibility index (Phi) is 4.29. The van der Waals surface area contributed by atoms with E-state index in [1.165, 1.54) is 17.9 Å². The molecule has 1 aliphatic rings. The summed E-state index contributed by atoms with van der Waals surface area (Å²) in [5.74, 6) is -0.218. The Morgan fingerprint density at radius 2 is 2.00 bits per heavy atom. The highest BCUT2D eigenvalue weighted by molar-refractivity contribution is 8.15. The van der Waals surface area contributed by atoms with E-state index in [-0.39, 0.29) is 16.2 Å². The number of hydrogen-bond acceptors (Lipinski definition) is 4. The Balaban J connectivity index is 2.02. The van der Waals surface area contributed by atoms with E-state index in [2.05, 4.69) is 5.32 Å².